The van der Waals surface area contributed by atoms with Crippen molar-refractivity contribution in [2.75, 3.05) is 0 Å². The Balaban J connectivity index is 2.09. The maximum absolute atomic E-state index is 13.4. The van der Waals surface area contributed by atoms with E-state index in [4.69, 9.17) is 5.11 Å². The topological polar surface area (TPSA) is 50.2 Å². The second-order valence-electron chi connectivity index (χ2n) is 3.56. The zero-order valence-corrected chi connectivity index (χ0v) is 10.2. The number of hydrogen-bond acceptors (Lipinski definition) is 3. The summed E-state index contributed by atoms with van der Waals surface area (Å²) in [6, 6.07) is 9.71. The Morgan fingerprint density at radius 3 is 2.83 bits per heavy atom. The van der Waals surface area contributed by atoms with Crippen LogP contribution < -0.4 is 0 Å². The maximum atomic E-state index is 13.4. The van der Waals surface area contributed by atoms with Crippen LogP contribution in [0.1, 0.15) is 16.1 Å². The van der Waals surface area contributed by atoms with Gasteiger partial charge in [-0.05, 0) is 23.8 Å². The van der Waals surface area contributed by atoms with Gasteiger partial charge in [-0.3, -0.25) is 0 Å². The largest absolute Gasteiger partial charge is 0.477 e. The number of benzene rings is 1. The lowest BCUT2D eigenvalue weighted by molar-refractivity contribution is 0.0690. The molecule has 0 fully saturated rings. The van der Waals surface area contributed by atoms with Gasteiger partial charge in [-0.1, -0.05) is 18.2 Å². The van der Waals surface area contributed by atoms with E-state index in [1.165, 1.54) is 30.1 Å². The molecule has 0 radical (unpaired) electrons. The molecule has 0 bridgehead atoms. The SMILES string of the molecule is O=C(O)c1cc(SCc2ccccc2F)ccn1. The summed E-state index contributed by atoms with van der Waals surface area (Å²) in [5.41, 5.74) is 0.588. The third-order valence-corrected chi connectivity index (χ3v) is 3.35. The fourth-order valence-electron chi connectivity index (χ4n) is 1.39. The van der Waals surface area contributed by atoms with Gasteiger partial charge in [-0.25, -0.2) is 14.2 Å². The highest BCUT2D eigenvalue weighted by Crippen LogP contribution is 2.24. The number of thioether (sulfide) groups is 1. The summed E-state index contributed by atoms with van der Waals surface area (Å²) in [5.74, 6) is -0.865. The number of hydrogen-bond donors (Lipinski definition) is 1. The van der Waals surface area contributed by atoms with E-state index in [0.717, 1.165) is 4.90 Å². The van der Waals surface area contributed by atoms with Gasteiger partial charge in [0.1, 0.15) is 11.5 Å². The zero-order chi connectivity index (χ0) is 13.0. The molecule has 0 atom stereocenters. The van der Waals surface area contributed by atoms with Gasteiger partial charge < -0.3 is 5.11 Å². The standard InChI is InChI=1S/C13H10FNO2S/c14-11-4-2-1-3-9(11)8-18-10-5-6-15-12(7-10)13(16)17/h1-7H,8H2,(H,16,17). The first-order valence-electron chi connectivity index (χ1n) is 5.22. The Kier molecular flexibility index (Phi) is 3.94. The Morgan fingerprint density at radius 1 is 1.33 bits per heavy atom. The van der Waals surface area contributed by atoms with Gasteiger partial charge in [0, 0.05) is 16.8 Å². The van der Waals surface area contributed by atoms with Crippen LogP contribution in [0.15, 0.2) is 47.5 Å². The highest BCUT2D eigenvalue weighted by Gasteiger charge is 2.06. The van der Waals surface area contributed by atoms with E-state index < -0.39 is 5.97 Å². The highest BCUT2D eigenvalue weighted by atomic mass is 32.2. The van der Waals surface area contributed by atoms with E-state index in [9.17, 15) is 9.18 Å². The summed E-state index contributed by atoms with van der Waals surface area (Å²) in [7, 11) is 0. The molecule has 0 amide bonds. The minimum Gasteiger partial charge on any atom is -0.477 e. The molecule has 0 aliphatic carbocycles. The van der Waals surface area contributed by atoms with Crippen molar-refractivity contribution in [2.24, 2.45) is 0 Å². The monoisotopic (exact) mass is 263 g/mol. The van der Waals surface area contributed by atoms with Gasteiger partial charge >= 0.3 is 5.97 Å². The number of carboxylic acid groups (broad SMARTS) is 1. The molecule has 18 heavy (non-hydrogen) atoms. The molecule has 0 aliphatic rings. The molecule has 2 aromatic rings. The summed E-state index contributed by atoms with van der Waals surface area (Å²) < 4.78 is 13.4. The number of nitrogens with zero attached hydrogens (tertiary/aromatic N) is 1. The summed E-state index contributed by atoms with van der Waals surface area (Å²) in [6.45, 7) is 0. The molecule has 92 valence electrons. The van der Waals surface area contributed by atoms with Gasteiger partial charge in [0.2, 0.25) is 0 Å². The predicted octanol–water partition coefficient (Wildman–Crippen LogP) is 3.21. The number of carbonyl (C=O) groups is 1. The fourth-order valence-corrected chi connectivity index (χ4v) is 2.30. The second-order valence-corrected chi connectivity index (χ2v) is 4.61. The van der Waals surface area contributed by atoms with E-state index in [-0.39, 0.29) is 11.5 Å². The molecular formula is C13H10FNO2S. The van der Waals surface area contributed by atoms with Crippen molar-refractivity contribution < 1.29 is 14.3 Å². The first-order valence-corrected chi connectivity index (χ1v) is 6.21. The smallest absolute Gasteiger partial charge is 0.354 e. The molecule has 1 N–H and O–H groups in total. The molecule has 0 spiro atoms. The predicted molar refractivity (Wildman–Crippen MR) is 67.2 cm³/mol. The van der Waals surface area contributed by atoms with E-state index in [2.05, 4.69) is 4.98 Å². The van der Waals surface area contributed by atoms with Crippen molar-refractivity contribution in [3.05, 3.63) is 59.7 Å². The molecule has 0 saturated heterocycles. The zero-order valence-electron chi connectivity index (χ0n) is 9.34. The van der Waals surface area contributed by atoms with Crippen molar-refractivity contribution in [3.63, 3.8) is 0 Å². The van der Waals surface area contributed by atoms with Gasteiger partial charge in [0.05, 0.1) is 0 Å². The molecule has 1 heterocycles. The minimum atomic E-state index is -1.07. The van der Waals surface area contributed by atoms with Crippen LogP contribution in [-0.2, 0) is 5.75 Å². The number of aromatic nitrogens is 1. The summed E-state index contributed by atoms with van der Waals surface area (Å²) >= 11 is 1.38. The lowest BCUT2D eigenvalue weighted by Gasteiger charge is -2.03. The van der Waals surface area contributed by atoms with Crippen LogP contribution in [0.25, 0.3) is 0 Å². The minimum absolute atomic E-state index is 0.00599. The van der Waals surface area contributed by atoms with Crippen LogP contribution in [-0.4, -0.2) is 16.1 Å². The normalized spacial score (nSPS) is 10.3. The van der Waals surface area contributed by atoms with Gasteiger partial charge in [0.25, 0.3) is 0 Å². The summed E-state index contributed by atoms with van der Waals surface area (Å²) in [4.78, 5) is 15.2. The van der Waals surface area contributed by atoms with E-state index in [1.807, 2.05) is 0 Å². The molecule has 0 saturated carbocycles. The number of rotatable bonds is 4. The molecule has 0 unspecified atom stereocenters. The maximum Gasteiger partial charge on any atom is 0.354 e. The Hall–Kier alpha value is -1.88. The number of aromatic carboxylic acids is 1. The molecule has 0 aliphatic heterocycles. The molecule has 5 heteroatoms. The number of carboxylic acids is 1. The molecular weight excluding hydrogens is 253 g/mol. The van der Waals surface area contributed by atoms with Crippen molar-refractivity contribution in [1.82, 2.24) is 4.98 Å². The number of pyridine rings is 1. The van der Waals surface area contributed by atoms with Crippen LogP contribution >= 0.6 is 11.8 Å². The fraction of sp³-hybridized carbons (Fsp3) is 0.0769. The Morgan fingerprint density at radius 2 is 2.11 bits per heavy atom. The summed E-state index contributed by atoms with van der Waals surface area (Å²) in [6.07, 6.45) is 1.44. The van der Waals surface area contributed by atoms with Crippen LogP contribution in [0.3, 0.4) is 0 Å². The van der Waals surface area contributed by atoms with Crippen molar-refractivity contribution in [3.8, 4) is 0 Å². The van der Waals surface area contributed by atoms with Crippen LogP contribution in [0.5, 0.6) is 0 Å². The third-order valence-electron chi connectivity index (χ3n) is 2.30. The number of halogens is 1. The average molecular weight is 263 g/mol. The summed E-state index contributed by atoms with van der Waals surface area (Å²) in [5, 5.41) is 8.81. The van der Waals surface area contributed by atoms with Crippen LogP contribution in [0, 0.1) is 5.82 Å². The lowest BCUT2D eigenvalue weighted by Crippen LogP contribution is -1.99. The molecule has 1 aromatic heterocycles. The van der Waals surface area contributed by atoms with E-state index in [1.54, 1.807) is 24.3 Å². The second kappa shape index (κ2) is 5.64. The average Bonchev–Trinajstić information content (AvgIpc) is 2.38. The van der Waals surface area contributed by atoms with E-state index in [0.29, 0.717) is 11.3 Å². The first-order chi connectivity index (χ1) is 8.66. The van der Waals surface area contributed by atoms with Gasteiger partial charge in [-0.15, -0.1) is 11.8 Å². The third kappa shape index (κ3) is 3.07. The van der Waals surface area contributed by atoms with E-state index >= 15 is 0 Å². The first kappa shape index (κ1) is 12.6. The molecule has 1 aromatic carbocycles. The lowest BCUT2D eigenvalue weighted by atomic mass is 10.2. The quantitative estimate of drug-likeness (QED) is 0.860. The van der Waals surface area contributed by atoms with Gasteiger partial charge in [-0.2, -0.15) is 0 Å². The van der Waals surface area contributed by atoms with Crippen LogP contribution in [0.4, 0.5) is 4.39 Å². The molecule has 3 nitrogen and oxygen atoms in total. The molecule has 2 rings (SSSR count). The van der Waals surface area contributed by atoms with Crippen LogP contribution in [0.2, 0.25) is 0 Å². The Labute approximate surface area is 108 Å². The van der Waals surface area contributed by atoms with Gasteiger partial charge in [0.15, 0.2) is 0 Å². The Bertz CT molecular complexity index is 574. The van der Waals surface area contributed by atoms with Crippen molar-refractivity contribution in [2.45, 2.75) is 10.6 Å². The highest BCUT2D eigenvalue weighted by molar-refractivity contribution is 7.98. The van der Waals surface area contributed by atoms with Crippen molar-refractivity contribution in [1.29, 1.82) is 0 Å². The van der Waals surface area contributed by atoms with Crippen molar-refractivity contribution >= 4 is 17.7 Å².